The lowest BCUT2D eigenvalue weighted by Crippen LogP contribution is -2.18. The van der Waals surface area contributed by atoms with Crippen molar-refractivity contribution in [3.05, 3.63) is 11.9 Å². The van der Waals surface area contributed by atoms with Gasteiger partial charge in [-0.15, -0.1) is 0 Å². The van der Waals surface area contributed by atoms with Crippen molar-refractivity contribution in [2.75, 3.05) is 0 Å². The van der Waals surface area contributed by atoms with Crippen molar-refractivity contribution in [1.29, 1.82) is 0 Å². The van der Waals surface area contributed by atoms with Gasteiger partial charge in [-0.05, 0) is 6.92 Å². The van der Waals surface area contributed by atoms with Gasteiger partial charge in [-0.2, -0.15) is 8.75 Å². The summed E-state index contributed by atoms with van der Waals surface area (Å²) >= 11 is 1.06. The van der Waals surface area contributed by atoms with Crippen LogP contribution in [0.25, 0.3) is 0 Å². The number of ketones is 1. The summed E-state index contributed by atoms with van der Waals surface area (Å²) in [6.45, 7) is 1.45. The Labute approximate surface area is 68.2 Å². The van der Waals surface area contributed by atoms with E-state index >= 15 is 0 Å². The van der Waals surface area contributed by atoms with Crippen molar-refractivity contribution < 1.29 is 9.90 Å². The molecule has 1 rings (SSSR count). The van der Waals surface area contributed by atoms with E-state index in [2.05, 4.69) is 8.75 Å². The Morgan fingerprint density at radius 3 is 3.09 bits per heavy atom. The minimum atomic E-state index is -0.906. The summed E-state index contributed by atoms with van der Waals surface area (Å²) in [5, 5.41) is 8.83. The first-order valence-electron chi connectivity index (χ1n) is 3.17. The van der Waals surface area contributed by atoms with Crippen molar-refractivity contribution >= 4 is 17.5 Å². The molecule has 0 amide bonds. The molecule has 11 heavy (non-hydrogen) atoms. The monoisotopic (exact) mass is 172 g/mol. The van der Waals surface area contributed by atoms with Crippen LogP contribution in [-0.4, -0.2) is 25.7 Å². The lowest BCUT2D eigenvalue weighted by atomic mass is 10.1. The van der Waals surface area contributed by atoms with E-state index in [-0.39, 0.29) is 12.2 Å². The predicted molar refractivity (Wildman–Crippen MR) is 40.3 cm³/mol. The smallest absolute Gasteiger partial charge is 0.167 e. The first-order chi connectivity index (χ1) is 5.20. The van der Waals surface area contributed by atoms with E-state index in [1.165, 1.54) is 13.1 Å². The fourth-order valence-electron chi connectivity index (χ4n) is 0.588. The summed E-state index contributed by atoms with van der Waals surface area (Å²) in [5.74, 6) is -0.224. The second-order valence-corrected chi connectivity index (χ2v) is 2.77. The maximum atomic E-state index is 10.9. The normalized spacial score (nSPS) is 12.9. The van der Waals surface area contributed by atoms with Crippen LogP contribution in [0.2, 0.25) is 0 Å². The number of aromatic nitrogens is 2. The Morgan fingerprint density at radius 2 is 2.64 bits per heavy atom. The number of rotatable bonds is 3. The van der Waals surface area contributed by atoms with Crippen LogP contribution in [0.1, 0.15) is 12.6 Å². The Hall–Kier alpha value is -0.810. The number of carbonyl (C=O) groups excluding carboxylic acids is 1. The van der Waals surface area contributed by atoms with Crippen LogP contribution in [0.3, 0.4) is 0 Å². The van der Waals surface area contributed by atoms with E-state index < -0.39 is 6.10 Å². The molecule has 60 valence electrons. The molecular formula is C6H8N2O2S. The lowest BCUT2D eigenvalue weighted by Gasteiger charge is -1.98. The number of aliphatic hydroxyl groups is 1. The molecule has 4 nitrogen and oxygen atoms in total. The molecule has 0 aromatic carbocycles. The standard InChI is InChI=1S/C6H8N2O2S/c1-4(9)6(10)2-5-3-7-11-8-5/h3-4,9H,2H2,1H3. The summed E-state index contributed by atoms with van der Waals surface area (Å²) < 4.78 is 7.57. The van der Waals surface area contributed by atoms with E-state index in [1.54, 1.807) is 0 Å². The number of hydrogen-bond donors (Lipinski definition) is 1. The third-order valence-electron chi connectivity index (χ3n) is 1.23. The van der Waals surface area contributed by atoms with Gasteiger partial charge in [0.2, 0.25) is 0 Å². The second-order valence-electron chi connectivity index (χ2n) is 2.22. The first kappa shape index (κ1) is 8.29. The molecule has 1 atom stereocenters. The van der Waals surface area contributed by atoms with Gasteiger partial charge in [-0.3, -0.25) is 4.79 Å². The predicted octanol–water partition coefficient (Wildman–Crippen LogP) is 0.0305. The molecule has 0 radical (unpaired) electrons. The molecule has 0 spiro atoms. The van der Waals surface area contributed by atoms with Crippen molar-refractivity contribution in [3.8, 4) is 0 Å². The molecule has 1 aromatic rings. The van der Waals surface area contributed by atoms with Gasteiger partial charge in [0.25, 0.3) is 0 Å². The molecule has 0 aliphatic carbocycles. The van der Waals surface area contributed by atoms with Gasteiger partial charge in [0.1, 0.15) is 6.10 Å². The van der Waals surface area contributed by atoms with Gasteiger partial charge in [0.15, 0.2) is 5.78 Å². The maximum absolute atomic E-state index is 10.9. The summed E-state index contributed by atoms with van der Waals surface area (Å²) in [6, 6.07) is 0. The highest BCUT2D eigenvalue weighted by Gasteiger charge is 2.10. The molecule has 1 heterocycles. The Balaban J connectivity index is 2.50. The number of Topliss-reactive ketones (excluding diaryl/α,β-unsaturated/α-hetero) is 1. The van der Waals surface area contributed by atoms with E-state index in [0.717, 1.165) is 11.7 Å². The van der Waals surface area contributed by atoms with Gasteiger partial charge in [0, 0.05) is 0 Å². The quantitative estimate of drug-likeness (QED) is 0.698. The zero-order valence-electron chi connectivity index (χ0n) is 6.02. The largest absolute Gasteiger partial charge is 0.386 e. The van der Waals surface area contributed by atoms with Gasteiger partial charge >= 0.3 is 0 Å². The lowest BCUT2D eigenvalue weighted by molar-refractivity contribution is -0.125. The molecule has 0 aliphatic heterocycles. The third kappa shape index (κ3) is 2.36. The number of carbonyl (C=O) groups is 1. The minimum absolute atomic E-state index is 0.175. The topological polar surface area (TPSA) is 63.1 Å². The van der Waals surface area contributed by atoms with E-state index in [0.29, 0.717) is 5.69 Å². The van der Waals surface area contributed by atoms with E-state index in [9.17, 15) is 4.79 Å². The van der Waals surface area contributed by atoms with Crippen LogP contribution in [0.4, 0.5) is 0 Å². The summed E-state index contributed by atoms with van der Waals surface area (Å²) in [4.78, 5) is 10.9. The average Bonchev–Trinajstić information content (AvgIpc) is 2.39. The number of aliphatic hydroxyl groups excluding tert-OH is 1. The van der Waals surface area contributed by atoms with Crippen LogP contribution in [-0.2, 0) is 11.2 Å². The van der Waals surface area contributed by atoms with Gasteiger partial charge in [0.05, 0.1) is 30.0 Å². The van der Waals surface area contributed by atoms with Gasteiger partial charge in [-0.1, -0.05) is 0 Å². The van der Waals surface area contributed by atoms with Crippen molar-refractivity contribution in [1.82, 2.24) is 8.75 Å². The van der Waals surface area contributed by atoms with Crippen LogP contribution >= 0.6 is 11.7 Å². The second kappa shape index (κ2) is 3.54. The zero-order valence-corrected chi connectivity index (χ0v) is 6.84. The summed E-state index contributed by atoms with van der Waals surface area (Å²) in [7, 11) is 0. The molecule has 0 aliphatic rings. The SMILES string of the molecule is CC(O)C(=O)Cc1cnsn1. The summed E-state index contributed by atoms with van der Waals surface area (Å²) in [5.41, 5.74) is 0.626. The highest BCUT2D eigenvalue weighted by atomic mass is 32.1. The van der Waals surface area contributed by atoms with E-state index in [4.69, 9.17) is 5.11 Å². The molecule has 0 saturated heterocycles. The Kier molecular flexibility index (Phi) is 2.67. The number of hydrogen-bond acceptors (Lipinski definition) is 5. The highest BCUT2D eigenvalue weighted by Crippen LogP contribution is 1.98. The maximum Gasteiger partial charge on any atom is 0.167 e. The zero-order chi connectivity index (χ0) is 8.27. The summed E-state index contributed by atoms with van der Waals surface area (Å²) in [6.07, 6.45) is 0.802. The Morgan fingerprint density at radius 1 is 1.91 bits per heavy atom. The van der Waals surface area contributed by atoms with Crippen LogP contribution in [0.5, 0.6) is 0 Å². The fraction of sp³-hybridized carbons (Fsp3) is 0.500. The molecular weight excluding hydrogens is 164 g/mol. The van der Waals surface area contributed by atoms with Crippen molar-refractivity contribution in [2.45, 2.75) is 19.4 Å². The molecule has 0 bridgehead atoms. The molecule has 1 aromatic heterocycles. The van der Waals surface area contributed by atoms with Gasteiger partial charge in [-0.25, -0.2) is 0 Å². The van der Waals surface area contributed by atoms with Crippen LogP contribution < -0.4 is 0 Å². The molecule has 0 fully saturated rings. The van der Waals surface area contributed by atoms with Crippen molar-refractivity contribution in [2.24, 2.45) is 0 Å². The number of nitrogens with zero attached hydrogens (tertiary/aromatic N) is 2. The molecule has 5 heteroatoms. The van der Waals surface area contributed by atoms with E-state index in [1.807, 2.05) is 0 Å². The fourth-order valence-corrected chi connectivity index (χ4v) is 1.02. The Bertz CT molecular complexity index is 233. The minimum Gasteiger partial charge on any atom is -0.386 e. The van der Waals surface area contributed by atoms with Crippen LogP contribution in [0.15, 0.2) is 6.20 Å². The average molecular weight is 172 g/mol. The molecule has 1 unspecified atom stereocenters. The molecule has 1 N–H and O–H groups in total. The van der Waals surface area contributed by atoms with Crippen molar-refractivity contribution in [3.63, 3.8) is 0 Å². The molecule has 0 saturated carbocycles. The van der Waals surface area contributed by atoms with Gasteiger partial charge < -0.3 is 5.11 Å². The third-order valence-corrected chi connectivity index (χ3v) is 1.74. The highest BCUT2D eigenvalue weighted by molar-refractivity contribution is 6.99. The van der Waals surface area contributed by atoms with Crippen LogP contribution in [0, 0.1) is 0 Å². The first-order valence-corrected chi connectivity index (χ1v) is 3.90.